The second-order valence-corrected chi connectivity index (χ2v) is 4.81. The van der Waals surface area contributed by atoms with Gasteiger partial charge in [0.15, 0.2) is 0 Å². The number of hydrogen-bond acceptors (Lipinski definition) is 3. The van der Waals surface area contributed by atoms with E-state index in [9.17, 15) is 4.39 Å². The van der Waals surface area contributed by atoms with Gasteiger partial charge in [-0.1, -0.05) is 6.07 Å². The van der Waals surface area contributed by atoms with Gasteiger partial charge in [0.2, 0.25) is 0 Å². The minimum atomic E-state index is -0.157. The van der Waals surface area contributed by atoms with Gasteiger partial charge in [-0.05, 0) is 44.0 Å². The van der Waals surface area contributed by atoms with Crippen LogP contribution in [0.4, 0.5) is 10.1 Å². The predicted octanol–water partition coefficient (Wildman–Crippen LogP) is 1.94. The zero-order chi connectivity index (χ0) is 13.0. The highest BCUT2D eigenvalue weighted by atomic mass is 19.1. The first kappa shape index (κ1) is 13.3. The lowest BCUT2D eigenvalue weighted by atomic mass is 10.1. The molecule has 4 heteroatoms. The van der Waals surface area contributed by atoms with E-state index in [1.807, 2.05) is 19.1 Å². The smallest absolute Gasteiger partial charge is 0.146 e. The lowest BCUT2D eigenvalue weighted by molar-refractivity contribution is 0.0820. The van der Waals surface area contributed by atoms with Crippen LogP contribution in [0.1, 0.15) is 18.9 Å². The van der Waals surface area contributed by atoms with Crippen LogP contribution in [0.5, 0.6) is 0 Å². The Morgan fingerprint density at radius 3 is 3.06 bits per heavy atom. The van der Waals surface area contributed by atoms with E-state index in [0.717, 1.165) is 38.1 Å². The SMILES string of the molecule is CC1CN(c2ccc(CCN)cc2F)CCCO1. The molecule has 1 saturated heterocycles. The third-order valence-electron chi connectivity index (χ3n) is 3.24. The van der Waals surface area contributed by atoms with Gasteiger partial charge in [0.25, 0.3) is 0 Å². The Kier molecular flexibility index (Phi) is 4.55. The van der Waals surface area contributed by atoms with E-state index in [1.54, 1.807) is 6.07 Å². The van der Waals surface area contributed by atoms with E-state index in [-0.39, 0.29) is 11.9 Å². The van der Waals surface area contributed by atoms with Gasteiger partial charge < -0.3 is 15.4 Å². The van der Waals surface area contributed by atoms with Crippen LogP contribution in [-0.4, -0.2) is 32.3 Å². The first-order valence-electron chi connectivity index (χ1n) is 6.55. The summed E-state index contributed by atoms with van der Waals surface area (Å²) < 4.78 is 19.7. The monoisotopic (exact) mass is 252 g/mol. The standard InChI is InChI=1S/C14H21FN2O/c1-11-10-17(7-2-8-18-11)14-4-3-12(5-6-16)9-13(14)15/h3-4,9,11H,2,5-8,10,16H2,1H3. The summed E-state index contributed by atoms with van der Waals surface area (Å²) in [6, 6.07) is 5.42. The van der Waals surface area contributed by atoms with E-state index in [1.165, 1.54) is 0 Å². The van der Waals surface area contributed by atoms with Crippen molar-refractivity contribution in [3.8, 4) is 0 Å². The number of nitrogens with two attached hydrogens (primary N) is 1. The number of hydrogen-bond donors (Lipinski definition) is 1. The summed E-state index contributed by atoms with van der Waals surface area (Å²) in [5, 5.41) is 0. The topological polar surface area (TPSA) is 38.5 Å². The third-order valence-corrected chi connectivity index (χ3v) is 3.24. The molecule has 0 saturated carbocycles. The summed E-state index contributed by atoms with van der Waals surface area (Å²) in [6.45, 7) is 4.92. The van der Waals surface area contributed by atoms with Gasteiger partial charge in [-0.2, -0.15) is 0 Å². The third kappa shape index (κ3) is 3.21. The van der Waals surface area contributed by atoms with Gasteiger partial charge in [-0.25, -0.2) is 4.39 Å². The Hall–Kier alpha value is -1.13. The van der Waals surface area contributed by atoms with Gasteiger partial charge in [0.05, 0.1) is 11.8 Å². The van der Waals surface area contributed by atoms with Crippen molar-refractivity contribution in [2.24, 2.45) is 5.73 Å². The van der Waals surface area contributed by atoms with Crippen molar-refractivity contribution >= 4 is 5.69 Å². The summed E-state index contributed by atoms with van der Waals surface area (Å²) in [5.74, 6) is -0.157. The van der Waals surface area contributed by atoms with Crippen LogP contribution in [0.3, 0.4) is 0 Å². The molecule has 3 nitrogen and oxygen atoms in total. The number of benzene rings is 1. The van der Waals surface area contributed by atoms with Crippen molar-refractivity contribution in [2.45, 2.75) is 25.9 Å². The highest BCUT2D eigenvalue weighted by Gasteiger charge is 2.18. The van der Waals surface area contributed by atoms with Crippen molar-refractivity contribution in [2.75, 3.05) is 31.1 Å². The fourth-order valence-electron chi connectivity index (χ4n) is 2.34. The van der Waals surface area contributed by atoms with Crippen LogP contribution in [-0.2, 0) is 11.2 Å². The molecule has 0 aromatic heterocycles. The fraction of sp³-hybridized carbons (Fsp3) is 0.571. The maximum absolute atomic E-state index is 14.1. The van der Waals surface area contributed by atoms with Crippen LogP contribution in [0.25, 0.3) is 0 Å². The molecule has 0 spiro atoms. The van der Waals surface area contributed by atoms with Gasteiger partial charge in [0.1, 0.15) is 5.82 Å². The minimum Gasteiger partial charge on any atom is -0.377 e. The summed E-state index contributed by atoms with van der Waals surface area (Å²) in [6.07, 6.45) is 1.81. The molecule has 2 N–H and O–H groups in total. The average Bonchev–Trinajstić information content (AvgIpc) is 2.54. The van der Waals surface area contributed by atoms with Crippen molar-refractivity contribution in [3.63, 3.8) is 0 Å². The average molecular weight is 252 g/mol. The molecule has 2 rings (SSSR count). The second-order valence-electron chi connectivity index (χ2n) is 4.81. The number of halogens is 1. The highest BCUT2D eigenvalue weighted by molar-refractivity contribution is 5.49. The Morgan fingerprint density at radius 2 is 2.33 bits per heavy atom. The largest absolute Gasteiger partial charge is 0.377 e. The Balaban J connectivity index is 2.16. The van der Waals surface area contributed by atoms with E-state index >= 15 is 0 Å². The Bertz CT molecular complexity index is 397. The zero-order valence-electron chi connectivity index (χ0n) is 10.9. The molecule has 1 atom stereocenters. The van der Waals surface area contributed by atoms with Gasteiger partial charge in [0, 0.05) is 19.7 Å². The highest BCUT2D eigenvalue weighted by Crippen LogP contribution is 2.23. The second kappa shape index (κ2) is 6.16. The van der Waals surface area contributed by atoms with Crippen molar-refractivity contribution < 1.29 is 9.13 Å². The van der Waals surface area contributed by atoms with Crippen LogP contribution in [0.2, 0.25) is 0 Å². The molecule has 1 aromatic rings. The van der Waals surface area contributed by atoms with Crippen LogP contribution in [0, 0.1) is 5.82 Å². The lowest BCUT2D eigenvalue weighted by Crippen LogP contribution is -2.30. The van der Waals surface area contributed by atoms with Crippen LogP contribution < -0.4 is 10.6 Å². The molecule has 0 bridgehead atoms. The summed E-state index contributed by atoms with van der Waals surface area (Å²) >= 11 is 0. The molecular weight excluding hydrogens is 231 g/mol. The van der Waals surface area contributed by atoms with Crippen molar-refractivity contribution in [1.82, 2.24) is 0 Å². The summed E-state index contributed by atoms with van der Waals surface area (Å²) in [5.41, 5.74) is 7.11. The molecule has 1 unspecified atom stereocenters. The van der Waals surface area contributed by atoms with Gasteiger partial charge >= 0.3 is 0 Å². The Morgan fingerprint density at radius 1 is 1.50 bits per heavy atom. The summed E-state index contributed by atoms with van der Waals surface area (Å²) in [4.78, 5) is 2.07. The van der Waals surface area contributed by atoms with E-state index in [0.29, 0.717) is 12.2 Å². The number of rotatable bonds is 3. The molecule has 1 heterocycles. The maximum Gasteiger partial charge on any atom is 0.146 e. The molecule has 1 fully saturated rings. The van der Waals surface area contributed by atoms with Crippen LogP contribution >= 0.6 is 0 Å². The number of nitrogens with zero attached hydrogens (tertiary/aromatic N) is 1. The molecule has 1 aliphatic heterocycles. The quantitative estimate of drug-likeness (QED) is 0.893. The zero-order valence-corrected chi connectivity index (χ0v) is 10.9. The molecule has 0 aliphatic carbocycles. The van der Waals surface area contributed by atoms with Gasteiger partial charge in [-0.3, -0.25) is 0 Å². The fourth-order valence-corrected chi connectivity index (χ4v) is 2.34. The van der Waals surface area contributed by atoms with Crippen LogP contribution in [0.15, 0.2) is 18.2 Å². The molecule has 0 radical (unpaired) electrons. The van der Waals surface area contributed by atoms with Crippen molar-refractivity contribution in [3.05, 3.63) is 29.6 Å². The number of ether oxygens (including phenoxy) is 1. The van der Waals surface area contributed by atoms with Crippen molar-refractivity contribution in [1.29, 1.82) is 0 Å². The maximum atomic E-state index is 14.1. The number of anilines is 1. The lowest BCUT2D eigenvalue weighted by Gasteiger charge is -2.25. The molecule has 100 valence electrons. The van der Waals surface area contributed by atoms with E-state index < -0.39 is 0 Å². The molecular formula is C14H21FN2O. The van der Waals surface area contributed by atoms with E-state index in [2.05, 4.69) is 4.90 Å². The minimum absolute atomic E-state index is 0.149. The molecule has 1 aromatic carbocycles. The first-order chi connectivity index (χ1) is 8.70. The summed E-state index contributed by atoms with van der Waals surface area (Å²) in [7, 11) is 0. The van der Waals surface area contributed by atoms with Gasteiger partial charge in [-0.15, -0.1) is 0 Å². The predicted molar refractivity (Wildman–Crippen MR) is 71.4 cm³/mol. The first-order valence-corrected chi connectivity index (χ1v) is 6.55. The molecule has 0 amide bonds. The normalized spacial score (nSPS) is 20.8. The molecule has 18 heavy (non-hydrogen) atoms. The Labute approximate surface area is 108 Å². The van der Waals surface area contributed by atoms with E-state index in [4.69, 9.17) is 10.5 Å². The molecule has 1 aliphatic rings.